The molecule has 70 valence electrons. The molecule has 0 fully saturated rings. The van der Waals surface area contributed by atoms with Crippen molar-refractivity contribution in [1.82, 2.24) is 0 Å². The van der Waals surface area contributed by atoms with Crippen LogP contribution in [0.4, 0.5) is 0 Å². The van der Waals surface area contributed by atoms with Crippen molar-refractivity contribution < 1.29 is 4.79 Å². The number of hydrogen-bond acceptors (Lipinski definition) is 1. The molecule has 0 unspecified atom stereocenters. The van der Waals surface area contributed by atoms with Crippen molar-refractivity contribution in [3.8, 4) is 0 Å². The van der Waals surface area contributed by atoms with E-state index in [1.807, 2.05) is 19.1 Å². The van der Waals surface area contributed by atoms with Gasteiger partial charge in [-0.1, -0.05) is 31.9 Å². The van der Waals surface area contributed by atoms with Crippen molar-refractivity contribution in [2.45, 2.75) is 13.3 Å². The Morgan fingerprint density at radius 2 is 1.85 bits per heavy atom. The van der Waals surface area contributed by atoms with Crippen molar-refractivity contribution in [3.05, 3.63) is 32.2 Å². The molecule has 0 aliphatic heterocycles. The van der Waals surface area contributed by atoms with Crippen LogP contribution in [0, 0.1) is 6.92 Å². The molecule has 0 N–H and O–H groups in total. The van der Waals surface area contributed by atoms with Crippen molar-refractivity contribution in [1.29, 1.82) is 0 Å². The van der Waals surface area contributed by atoms with Gasteiger partial charge in [-0.3, -0.25) is 4.79 Å². The summed E-state index contributed by atoms with van der Waals surface area (Å²) < 4.78 is 1.96. The monoisotopic (exact) mass is 324 g/mol. The molecule has 4 heteroatoms. The number of rotatable bonds is 2. The topological polar surface area (TPSA) is 17.1 Å². The third-order valence-electron chi connectivity index (χ3n) is 1.68. The lowest BCUT2D eigenvalue weighted by Gasteiger charge is -2.04. The van der Waals surface area contributed by atoms with Gasteiger partial charge >= 0.3 is 0 Å². The Kier molecular flexibility index (Phi) is 3.95. The standard InChI is InChI=1S/C9H7Br2ClO/c1-5-7(10)2-6(3-8(5)11)4-9(12)13/h2-3H,4H2,1H3. The lowest BCUT2D eigenvalue weighted by atomic mass is 10.1. The molecule has 0 bridgehead atoms. The third-order valence-corrected chi connectivity index (χ3v) is 3.46. The number of carbonyl (C=O) groups is 1. The first kappa shape index (κ1) is 11.2. The van der Waals surface area contributed by atoms with Gasteiger partial charge in [-0.05, 0) is 41.8 Å². The number of carbonyl (C=O) groups excluding carboxylic acids is 1. The van der Waals surface area contributed by atoms with E-state index in [1.165, 1.54) is 0 Å². The molecular weight excluding hydrogens is 319 g/mol. The molecule has 1 aromatic rings. The highest BCUT2D eigenvalue weighted by molar-refractivity contribution is 9.11. The molecule has 0 amide bonds. The van der Waals surface area contributed by atoms with Gasteiger partial charge in [0.25, 0.3) is 0 Å². The Morgan fingerprint density at radius 1 is 1.38 bits per heavy atom. The van der Waals surface area contributed by atoms with E-state index in [4.69, 9.17) is 11.6 Å². The smallest absolute Gasteiger partial charge is 0.226 e. The van der Waals surface area contributed by atoms with Gasteiger partial charge in [0.1, 0.15) is 0 Å². The van der Waals surface area contributed by atoms with Gasteiger partial charge in [0.2, 0.25) is 5.24 Å². The summed E-state index contributed by atoms with van der Waals surface area (Å²) in [6.45, 7) is 1.99. The molecule has 13 heavy (non-hydrogen) atoms. The second-order valence-electron chi connectivity index (χ2n) is 2.72. The van der Waals surface area contributed by atoms with E-state index in [2.05, 4.69) is 31.9 Å². The Hall–Kier alpha value is 0.140. The van der Waals surface area contributed by atoms with Gasteiger partial charge in [0.15, 0.2) is 0 Å². The second kappa shape index (κ2) is 4.58. The first-order valence-electron chi connectivity index (χ1n) is 3.63. The predicted octanol–water partition coefficient (Wildman–Crippen LogP) is 3.83. The van der Waals surface area contributed by atoms with Gasteiger partial charge in [-0.2, -0.15) is 0 Å². The summed E-state index contributed by atoms with van der Waals surface area (Å²) in [5.41, 5.74) is 2.02. The first-order valence-corrected chi connectivity index (χ1v) is 5.60. The Morgan fingerprint density at radius 3 is 2.23 bits per heavy atom. The fraction of sp³-hybridized carbons (Fsp3) is 0.222. The summed E-state index contributed by atoms with van der Waals surface area (Å²) in [5.74, 6) is 0. The van der Waals surface area contributed by atoms with Crippen LogP contribution in [0.25, 0.3) is 0 Å². The minimum atomic E-state index is -0.345. The number of benzene rings is 1. The van der Waals surface area contributed by atoms with Crippen LogP contribution in [0.15, 0.2) is 21.1 Å². The van der Waals surface area contributed by atoms with Crippen LogP contribution in [0.3, 0.4) is 0 Å². The van der Waals surface area contributed by atoms with Crippen molar-refractivity contribution in [2.75, 3.05) is 0 Å². The van der Waals surface area contributed by atoms with E-state index in [-0.39, 0.29) is 11.7 Å². The van der Waals surface area contributed by atoms with Crippen LogP contribution in [-0.2, 0) is 11.2 Å². The van der Waals surface area contributed by atoms with E-state index >= 15 is 0 Å². The van der Waals surface area contributed by atoms with Crippen LogP contribution in [0.2, 0.25) is 0 Å². The molecule has 0 heterocycles. The summed E-state index contributed by atoms with van der Waals surface area (Å²) in [4.78, 5) is 10.7. The summed E-state index contributed by atoms with van der Waals surface area (Å²) in [6, 6.07) is 3.81. The molecule has 0 aromatic heterocycles. The zero-order valence-corrected chi connectivity index (χ0v) is 10.8. The van der Waals surface area contributed by atoms with Gasteiger partial charge in [-0.15, -0.1) is 0 Å². The fourth-order valence-electron chi connectivity index (χ4n) is 0.960. The highest BCUT2D eigenvalue weighted by Gasteiger charge is 2.05. The highest BCUT2D eigenvalue weighted by Crippen LogP contribution is 2.26. The van der Waals surface area contributed by atoms with Crippen molar-refractivity contribution >= 4 is 48.7 Å². The zero-order valence-electron chi connectivity index (χ0n) is 6.90. The van der Waals surface area contributed by atoms with Gasteiger partial charge in [-0.25, -0.2) is 0 Å². The summed E-state index contributed by atoms with van der Waals surface area (Å²) in [6.07, 6.45) is 0.263. The van der Waals surface area contributed by atoms with Crippen LogP contribution in [-0.4, -0.2) is 5.24 Å². The average molecular weight is 326 g/mol. The van der Waals surface area contributed by atoms with Crippen molar-refractivity contribution in [2.24, 2.45) is 0 Å². The average Bonchev–Trinajstić information content (AvgIpc) is 1.98. The van der Waals surface area contributed by atoms with Gasteiger partial charge in [0.05, 0.1) is 0 Å². The molecule has 0 saturated heterocycles. The SMILES string of the molecule is Cc1c(Br)cc(CC(=O)Cl)cc1Br. The maximum Gasteiger partial charge on any atom is 0.226 e. The molecule has 0 saturated carbocycles. The Labute approximate surface area is 98.7 Å². The zero-order chi connectivity index (χ0) is 10.0. The molecule has 0 spiro atoms. The van der Waals surface area contributed by atoms with Crippen molar-refractivity contribution in [3.63, 3.8) is 0 Å². The van der Waals surface area contributed by atoms with Gasteiger partial charge < -0.3 is 0 Å². The van der Waals surface area contributed by atoms with Crippen LogP contribution < -0.4 is 0 Å². The summed E-state index contributed by atoms with van der Waals surface area (Å²) in [5, 5.41) is -0.345. The largest absolute Gasteiger partial charge is 0.281 e. The van der Waals surface area contributed by atoms with Gasteiger partial charge in [0, 0.05) is 15.4 Å². The molecule has 0 aliphatic rings. The molecule has 1 rings (SSSR count). The summed E-state index contributed by atoms with van der Waals surface area (Å²) in [7, 11) is 0. The number of hydrogen-bond donors (Lipinski definition) is 0. The molecule has 0 atom stereocenters. The fourth-order valence-corrected chi connectivity index (χ4v) is 2.40. The lowest BCUT2D eigenvalue weighted by molar-refractivity contribution is -0.111. The Bertz CT molecular complexity index is 326. The lowest BCUT2D eigenvalue weighted by Crippen LogP contribution is -1.94. The minimum Gasteiger partial charge on any atom is -0.281 e. The molecule has 1 nitrogen and oxygen atoms in total. The maximum atomic E-state index is 10.7. The highest BCUT2D eigenvalue weighted by atomic mass is 79.9. The maximum absolute atomic E-state index is 10.7. The first-order chi connectivity index (χ1) is 6.00. The summed E-state index contributed by atoms with van der Waals surface area (Å²) >= 11 is 12.1. The van der Waals surface area contributed by atoms with Crippen LogP contribution in [0.5, 0.6) is 0 Å². The van der Waals surface area contributed by atoms with E-state index in [9.17, 15) is 4.79 Å². The molecule has 1 aromatic carbocycles. The van der Waals surface area contributed by atoms with E-state index < -0.39 is 0 Å². The van der Waals surface area contributed by atoms with E-state index in [0.29, 0.717) is 0 Å². The molecular formula is C9H7Br2ClO. The normalized spacial score (nSPS) is 10.2. The minimum absolute atomic E-state index is 0.263. The molecule has 0 radical (unpaired) electrons. The predicted molar refractivity (Wildman–Crippen MR) is 61.1 cm³/mol. The van der Waals surface area contributed by atoms with E-state index in [0.717, 1.165) is 20.1 Å². The third kappa shape index (κ3) is 3.08. The van der Waals surface area contributed by atoms with Crippen LogP contribution >= 0.6 is 43.5 Å². The molecule has 0 aliphatic carbocycles. The quantitative estimate of drug-likeness (QED) is 0.755. The number of halogens is 3. The Balaban J connectivity index is 3.06. The second-order valence-corrected chi connectivity index (χ2v) is 4.85. The van der Waals surface area contributed by atoms with E-state index in [1.54, 1.807) is 0 Å². The van der Waals surface area contributed by atoms with Crippen LogP contribution in [0.1, 0.15) is 11.1 Å².